The molecule has 1 atom stereocenters. The van der Waals surface area contributed by atoms with Crippen molar-refractivity contribution in [2.45, 2.75) is 13.0 Å². The van der Waals surface area contributed by atoms with E-state index in [0.717, 1.165) is 5.76 Å². The van der Waals surface area contributed by atoms with Gasteiger partial charge in [0, 0.05) is 0 Å². The van der Waals surface area contributed by atoms with Crippen molar-refractivity contribution >= 4 is 12.4 Å². The van der Waals surface area contributed by atoms with Crippen molar-refractivity contribution in [3.05, 3.63) is 24.2 Å². The highest BCUT2D eigenvalue weighted by Gasteiger charge is 1.98. The van der Waals surface area contributed by atoms with Gasteiger partial charge in [-0.15, -0.1) is 12.4 Å². The highest BCUT2D eigenvalue weighted by Crippen LogP contribution is 2.07. The van der Waals surface area contributed by atoms with Crippen LogP contribution in [-0.2, 0) is 0 Å². The second kappa shape index (κ2) is 3.54. The second-order valence-corrected chi connectivity index (χ2v) is 1.80. The molecule has 52 valence electrons. The van der Waals surface area contributed by atoms with Gasteiger partial charge in [0.25, 0.3) is 0 Å². The zero-order chi connectivity index (χ0) is 5.98. The molecule has 0 radical (unpaired) electrons. The molecule has 0 saturated carbocycles. The molecule has 0 aromatic carbocycles. The Labute approximate surface area is 60.4 Å². The minimum atomic E-state index is 0. The largest absolute Gasteiger partial charge is 0.468 e. The smallest absolute Gasteiger partial charge is 0.120 e. The molecule has 1 unspecified atom stereocenters. The summed E-state index contributed by atoms with van der Waals surface area (Å²) < 4.78 is 4.97. The van der Waals surface area contributed by atoms with Gasteiger partial charge < -0.3 is 10.2 Å². The molecule has 0 bridgehead atoms. The lowest BCUT2D eigenvalue weighted by Gasteiger charge is -1.95. The Hall–Kier alpha value is -0.470. The van der Waals surface area contributed by atoms with E-state index >= 15 is 0 Å². The molecule has 0 aliphatic carbocycles. The highest BCUT2D eigenvalue weighted by molar-refractivity contribution is 5.85. The minimum absolute atomic E-state index is 0. The maximum atomic E-state index is 5.46. The van der Waals surface area contributed by atoms with E-state index < -0.39 is 0 Å². The SMILES string of the molecule is CC(N)c1ccco1.Cl. The van der Waals surface area contributed by atoms with Crippen LogP contribution in [0.1, 0.15) is 18.7 Å². The van der Waals surface area contributed by atoms with Gasteiger partial charge in [0.05, 0.1) is 12.3 Å². The Balaban J connectivity index is 0.000000640. The van der Waals surface area contributed by atoms with Gasteiger partial charge in [0.15, 0.2) is 0 Å². The summed E-state index contributed by atoms with van der Waals surface area (Å²) in [5, 5.41) is 0. The summed E-state index contributed by atoms with van der Waals surface area (Å²) in [5.74, 6) is 0.838. The molecule has 1 aromatic rings. The molecule has 2 nitrogen and oxygen atoms in total. The van der Waals surface area contributed by atoms with Gasteiger partial charge in [-0.2, -0.15) is 0 Å². The van der Waals surface area contributed by atoms with E-state index in [2.05, 4.69) is 0 Å². The van der Waals surface area contributed by atoms with E-state index in [1.807, 2.05) is 19.1 Å². The standard InChI is InChI=1S/C6H9NO.ClH/c1-5(7)6-3-2-4-8-6;/h2-5H,7H2,1H3;1H. The van der Waals surface area contributed by atoms with E-state index in [0.29, 0.717) is 0 Å². The summed E-state index contributed by atoms with van der Waals surface area (Å²) in [6.45, 7) is 1.89. The van der Waals surface area contributed by atoms with Crippen molar-refractivity contribution < 1.29 is 4.42 Å². The third-order valence-corrected chi connectivity index (χ3v) is 0.992. The molecule has 0 spiro atoms. The zero-order valence-corrected chi connectivity index (χ0v) is 6.02. The van der Waals surface area contributed by atoms with Gasteiger partial charge in [-0.1, -0.05) is 0 Å². The average molecular weight is 148 g/mol. The average Bonchev–Trinajstić information content (AvgIpc) is 2.12. The lowest BCUT2D eigenvalue weighted by molar-refractivity contribution is 0.480. The van der Waals surface area contributed by atoms with Gasteiger partial charge in [0.1, 0.15) is 5.76 Å². The maximum absolute atomic E-state index is 5.46. The molecule has 0 fully saturated rings. The summed E-state index contributed by atoms with van der Waals surface area (Å²) in [5.41, 5.74) is 5.46. The lowest BCUT2D eigenvalue weighted by atomic mass is 10.3. The molecule has 9 heavy (non-hydrogen) atoms. The molecule has 1 rings (SSSR count). The molecule has 0 aliphatic rings. The molecule has 3 heteroatoms. The minimum Gasteiger partial charge on any atom is -0.468 e. The summed E-state index contributed by atoms with van der Waals surface area (Å²) >= 11 is 0. The van der Waals surface area contributed by atoms with Crippen LogP contribution in [0.15, 0.2) is 22.8 Å². The Morgan fingerprint density at radius 1 is 1.67 bits per heavy atom. The first kappa shape index (κ1) is 8.53. The Kier molecular flexibility index (Phi) is 3.35. The van der Waals surface area contributed by atoms with E-state index in [-0.39, 0.29) is 18.4 Å². The molecule has 2 N–H and O–H groups in total. The van der Waals surface area contributed by atoms with Gasteiger partial charge >= 0.3 is 0 Å². The number of nitrogens with two attached hydrogens (primary N) is 1. The highest BCUT2D eigenvalue weighted by atomic mass is 35.5. The third kappa shape index (κ3) is 2.08. The number of halogens is 1. The summed E-state index contributed by atoms with van der Waals surface area (Å²) in [6, 6.07) is 3.72. The van der Waals surface area contributed by atoms with Crippen molar-refractivity contribution in [3.63, 3.8) is 0 Å². The quantitative estimate of drug-likeness (QED) is 0.657. The first-order valence-corrected chi connectivity index (χ1v) is 2.59. The first-order valence-electron chi connectivity index (χ1n) is 2.59. The van der Waals surface area contributed by atoms with Crippen molar-refractivity contribution in [1.82, 2.24) is 0 Å². The van der Waals surface area contributed by atoms with Crippen LogP contribution in [0.3, 0.4) is 0 Å². The molecular weight excluding hydrogens is 138 g/mol. The fourth-order valence-corrected chi connectivity index (χ4v) is 0.550. The van der Waals surface area contributed by atoms with E-state index in [9.17, 15) is 0 Å². The van der Waals surface area contributed by atoms with Crippen molar-refractivity contribution in [1.29, 1.82) is 0 Å². The summed E-state index contributed by atoms with van der Waals surface area (Å²) in [6.07, 6.45) is 1.62. The third-order valence-electron chi connectivity index (χ3n) is 0.992. The van der Waals surface area contributed by atoms with Crippen LogP contribution in [0.4, 0.5) is 0 Å². The molecular formula is C6H10ClNO. The number of hydrogen-bond donors (Lipinski definition) is 1. The molecule has 0 saturated heterocycles. The first-order chi connectivity index (χ1) is 3.80. The predicted octanol–water partition coefficient (Wildman–Crippen LogP) is 1.72. The number of rotatable bonds is 1. The topological polar surface area (TPSA) is 39.2 Å². The molecule has 1 heterocycles. The Bertz CT molecular complexity index is 148. The second-order valence-electron chi connectivity index (χ2n) is 1.80. The van der Waals surface area contributed by atoms with Crippen LogP contribution in [-0.4, -0.2) is 0 Å². The van der Waals surface area contributed by atoms with Crippen LogP contribution in [0.2, 0.25) is 0 Å². The Morgan fingerprint density at radius 3 is 2.56 bits per heavy atom. The van der Waals surface area contributed by atoms with Crippen molar-refractivity contribution in [3.8, 4) is 0 Å². The van der Waals surface area contributed by atoms with E-state index in [1.165, 1.54) is 0 Å². The van der Waals surface area contributed by atoms with Gasteiger partial charge in [0.2, 0.25) is 0 Å². The van der Waals surface area contributed by atoms with Crippen LogP contribution in [0.25, 0.3) is 0 Å². The zero-order valence-electron chi connectivity index (χ0n) is 5.20. The number of hydrogen-bond acceptors (Lipinski definition) is 2. The fraction of sp³-hybridized carbons (Fsp3) is 0.333. The van der Waals surface area contributed by atoms with E-state index in [4.69, 9.17) is 10.2 Å². The van der Waals surface area contributed by atoms with Crippen molar-refractivity contribution in [2.24, 2.45) is 5.73 Å². The van der Waals surface area contributed by atoms with Gasteiger partial charge in [-0.05, 0) is 19.1 Å². The van der Waals surface area contributed by atoms with E-state index in [1.54, 1.807) is 6.26 Å². The summed E-state index contributed by atoms with van der Waals surface area (Å²) in [7, 11) is 0. The van der Waals surface area contributed by atoms with Crippen LogP contribution < -0.4 is 5.73 Å². The van der Waals surface area contributed by atoms with Gasteiger partial charge in [-0.25, -0.2) is 0 Å². The van der Waals surface area contributed by atoms with Crippen molar-refractivity contribution in [2.75, 3.05) is 0 Å². The maximum Gasteiger partial charge on any atom is 0.120 e. The van der Waals surface area contributed by atoms with Crippen LogP contribution in [0, 0.1) is 0 Å². The normalized spacial score (nSPS) is 12.2. The molecule has 1 aromatic heterocycles. The molecule has 0 aliphatic heterocycles. The fourth-order valence-electron chi connectivity index (χ4n) is 0.550. The van der Waals surface area contributed by atoms with Gasteiger partial charge in [-0.3, -0.25) is 0 Å². The Morgan fingerprint density at radius 2 is 2.33 bits per heavy atom. The molecule has 0 amide bonds. The monoisotopic (exact) mass is 147 g/mol. The predicted molar refractivity (Wildman–Crippen MR) is 38.6 cm³/mol. The van der Waals surface area contributed by atoms with Crippen LogP contribution >= 0.6 is 12.4 Å². The lowest BCUT2D eigenvalue weighted by Crippen LogP contribution is -2.02. The number of furan rings is 1. The summed E-state index contributed by atoms with van der Waals surface area (Å²) in [4.78, 5) is 0. The van der Waals surface area contributed by atoms with Crippen LogP contribution in [0.5, 0.6) is 0 Å².